The predicted molar refractivity (Wildman–Crippen MR) is 70.5 cm³/mol. The first kappa shape index (κ1) is 12.1. The second kappa shape index (κ2) is 3.84. The lowest BCUT2D eigenvalue weighted by atomic mass is 10.1. The number of nitrogens with zero attached hydrogens (tertiary/aromatic N) is 2. The van der Waals surface area contributed by atoms with Crippen LogP contribution in [0.2, 0.25) is 0 Å². The molecule has 2 rings (SSSR count). The molecule has 1 N–H and O–H groups in total. The van der Waals surface area contributed by atoms with E-state index < -0.39 is 0 Å². The van der Waals surface area contributed by atoms with E-state index in [1.54, 1.807) is 0 Å². The van der Waals surface area contributed by atoms with E-state index in [1.807, 2.05) is 45.5 Å². The van der Waals surface area contributed by atoms with Gasteiger partial charge in [-0.3, -0.25) is 9.48 Å². The quantitative estimate of drug-likeness (QED) is 0.846. The van der Waals surface area contributed by atoms with Crippen molar-refractivity contribution in [2.24, 2.45) is 7.05 Å². The van der Waals surface area contributed by atoms with Crippen LogP contribution < -0.4 is 5.32 Å². The van der Waals surface area contributed by atoms with E-state index in [4.69, 9.17) is 0 Å². The van der Waals surface area contributed by atoms with Crippen LogP contribution in [0.4, 0.5) is 0 Å². The number of thiophene rings is 1. The Bertz CT molecular complexity index is 540. The van der Waals surface area contributed by atoms with Crippen molar-refractivity contribution in [1.82, 2.24) is 15.1 Å². The first-order valence-corrected chi connectivity index (χ1v) is 6.35. The Morgan fingerprint density at radius 3 is 2.65 bits per heavy atom. The summed E-state index contributed by atoms with van der Waals surface area (Å²) in [5.74, 6) is -0.0156. The molecule has 0 fully saturated rings. The first-order valence-electron chi connectivity index (χ1n) is 5.53. The lowest BCUT2D eigenvalue weighted by molar-refractivity contribution is 0.0924. The summed E-state index contributed by atoms with van der Waals surface area (Å²) >= 11 is 1.48. The van der Waals surface area contributed by atoms with Gasteiger partial charge in [-0.2, -0.15) is 5.10 Å². The molecule has 4 nitrogen and oxygen atoms in total. The summed E-state index contributed by atoms with van der Waals surface area (Å²) < 4.78 is 1.82. The van der Waals surface area contributed by atoms with Crippen LogP contribution in [-0.4, -0.2) is 21.2 Å². The molecule has 5 heteroatoms. The number of aromatic nitrogens is 2. The van der Waals surface area contributed by atoms with Crippen LogP contribution in [0.5, 0.6) is 0 Å². The number of aryl methyl sites for hydroxylation is 2. The summed E-state index contributed by atoms with van der Waals surface area (Å²) in [6.07, 6.45) is 0. The molecule has 0 unspecified atom stereocenters. The summed E-state index contributed by atoms with van der Waals surface area (Å²) in [5, 5.41) is 8.35. The standard InChI is InChI=1S/C12H17N3OS/c1-7-8-6-9(10(16)13-12(2,3)4)17-11(8)15(5)14-7/h6H,1-5H3,(H,13,16). The van der Waals surface area contributed by atoms with E-state index in [9.17, 15) is 4.79 Å². The number of carbonyl (C=O) groups is 1. The average molecular weight is 251 g/mol. The molecule has 0 bridgehead atoms. The molecule has 1 amide bonds. The molecule has 92 valence electrons. The van der Waals surface area contributed by atoms with Gasteiger partial charge in [0.2, 0.25) is 0 Å². The number of fused-ring (bicyclic) bond motifs is 1. The van der Waals surface area contributed by atoms with Crippen LogP contribution >= 0.6 is 11.3 Å². The number of rotatable bonds is 1. The zero-order chi connectivity index (χ0) is 12.8. The first-order chi connectivity index (χ1) is 7.78. The van der Waals surface area contributed by atoms with E-state index in [-0.39, 0.29) is 11.4 Å². The Morgan fingerprint density at radius 1 is 1.47 bits per heavy atom. The lowest BCUT2D eigenvalue weighted by Crippen LogP contribution is -2.40. The molecule has 0 aromatic carbocycles. The minimum Gasteiger partial charge on any atom is -0.347 e. The summed E-state index contributed by atoms with van der Waals surface area (Å²) in [6.45, 7) is 7.89. The topological polar surface area (TPSA) is 46.9 Å². The Balaban J connectivity index is 2.37. The molecule has 17 heavy (non-hydrogen) atoms. The fraction of sp³-hybridized carbons (Fsp3) is 0.500. The van der Waals surface area contributed by atoms with Crippen molar-refractivity contribution < 1.29 is 4.79 Å². The summed E-state index contributed by atoms with van der Waals surface area (Å²) in [4.78, 5) is 13.8. The van der Waals surface area contributed by atoms with E-state index in [1.165, 1.54) is 11.3 Å². The Hall–Kier alpha value is -1.36. The maximum atomic E-state index is 12.0. The number of hydrogen-bond acceptors (Lipinski definition) is 3. The van der Waals surface area contributed by atoms with Gasteiger partial charge in [0.15, 0.2) is 0 Å². The zero-order valence-electron chi connectivity index (χ0n) is 10.8. The number of carbonyl (C=O) groups excluding carboxylic acids is 1. The second-order valence-electron chi connectivity index (χ2n) is 5.24. The Labute approximate surface area is 105 Å². The molecule has 0 spiro atoms. The van der Waals surface area contributed by atoms with Gasteiger partial charge in [-0.15, -0.1) is 11.3 Å². The van der Waals surface area contributed by atoms with Crippen LogP contribution in [0.3, 0.4) is 0 Å². The van der Waals surface area contributed by atoms with Crippen molar-refractivity contribution in [2.75, 3.05) is 0 Å². The Kier molecular flexibility index (Phi) is 2.73. The zero-order valence-corrected chi connectivity index (χ0v) is 11.6. The maximum Gasteiger partial charge on any atom is 0.261 e. The van der Waals surface area contributed by atoms with Crippen molar-refractivity contribution in [2.45, 2.75) is 33.2 Å². The van der Waals surface area contributed by atoms with Gasteiger partial charge in [0.05, 0.1) is 10.6 Å². The molecule has 0 atom stereocenters. The molecule has 0 saturated heterocycles. The van der Waals surface area contributed by atoms with Gasteiger partial charge in [-0.05, 0) is 33.8 Å². The SMILES string of the molecule is Cc1nn(C)c2sc(C(=O)NC(C)(C)C)cc12. The third-order valence-corrected chi connectivity index (χ3v) is 3.61. The minimum atomic E-state index is -0.208. The van der Waals surface area contributed by atoms with Crippen molar-refractivity contribution in [3.63, 3.8) is 0 Å². The lowest BCUT2D eigenvalue weighted by Gasteiger charge is -2.19. The van der Waals surface area contributed by atoms with E-state index >= 15 is 0 Å². The van der Waals surface area contributed by atoms with Gasteiger partial charge >= 0.3 is 0 Å². The minimum absolute atomic E-state index is 0.0156. The van der Waals surface area contributed by atoms with Crippen LogP contribution in [0.1, 0.15) is 36.1 Å². The van der Waals surface area contributed by atoms with Gasteiger partial charge < -0.3 is 5.32 Å². The van der Waals surface area contributed by atoms with Crippen LogP contribution in [0.25, 0.3) is 10.2 Å². The molecule has 0 aliphatic carbocycles. The normalized spacial score (nSPS) is 12.1. The number of hydrogen-bond donors (Lipinski definition) is 1. The van der Waals surface area contributed by atoms with Crippen LogP contribution in [0, 0.1) is 6.92 Å². The predicted octanol–water partition coefficient (Wildman–Crippen LogP) is 2.47. The smallest absolute Gasteiger partial charge is 0.261 e. The van der Waals surface area contributed by atoms with Gasteiger partial charge in [-0.25, -0.2) is 0 Å². The van der Waals surface area contributed by atoms with Crippen LogP contribution in [0.15, 0.2) is 6.07 Å². The molecule has 0 saturated carbocycles. The molecule has 2 aromatic rings. The largest absolute Gasteiger partial charge is 0.347 e. The average Bonchev–Trinajstić information content (AvgIpc) is 2.67. The van der Waals surface area contributed by atoms with Crippen LogP contribution in [-0.2, 0) is 7.05 Å². The molecule has 0 radical (unpaired) electrons. The van der Waals surface area contributed by atoms with Crippen molar-refractivity contribution >= 4 is 27.5 Å². The summed E-state index contributed by atoms with van der Waals surface area (Å²) in [7, 11) is 1.90. The van der Waals surface area contributed by atoms with E-state index in [2.05, 4.69) is 10.4 Å². The fourth-order valence-electron chi connectivity index (χ4n) is 1.72. The highest BCUT2D eigenvalue weighted by atomic mass is 32.1. The molecule has 0 aliphatic heterocycles. The summed E-state index contributed by atoms with van der Waals surface area (Å²) in [5.41, 5.74) is 0.758. The van der Waals surface area contributed by atoms with Gasteiger partial charge in [0.1, 0.15) is 4.83 Å². The summed E-state index contributed by atoms with van der Waals surface area (Å²) in [6, 6.07) is 1.92. The molecular formula is C12H17N3OS. The third kappa shape index (κ3) is 2.34. The second-order valence-corrected chi connectivity index (χ2v) is 6.27. The van der Waals surface area contributed by atoms with Gasteiger partial charge in [0.25, 0.3) is 5.91 Å². The highest BCUT2D eigenvalue weighted by Gasteiger charge is 2.19. The van der Waals surface area contributed by atoms with Crippen molar-refractivity contribution in [1.29, 1.82) is 0 Å². The highest BCUT2D eigenvalue weighted by Crippen LogP contribution is 2.27. The fourth-order valence-corrected chi connectivity index (χ4v) is 2.74. The van der Waals surface area contributed by atoms with Crippen molar-refractivity contribution in [3.8, 4) is 0 Å². The molecule has 0 aliphatic rings. The van der Waals surface area contributed by atoms with Crippen molar-refractivity contribution in [3.05, 3.63) is 16.6 Å². The van der Waals surface area contributed by atoms with Gasteiger partial charge in [0, 0.05) is 18.0 Å². The monoisotopic (exact) mass is 251 g/mol. The molecule has 2 heterocycles. The van der Waals surface area contributed by atoms with E-state index in [0.717, 1.165) is 20.8 Å². The third-order valence-electron chi connectivity index (χ3n) is 2.41. The number of amides is 1. The Morgan fingerprint density at radius 2 is 2.12 bits per heavy atom. The number of nitrogens with one attached hydrogen (secondary N) is 1. The molecule has 2 aromatic heterocycles. The molecular weight excluding hydrogens is 234 g/mol. The van der Waals surface area contributed by atoms with E-state index in [0.29, 0.717) is 0 Å². The highest BCUT2D eigenvalue weighted by molar-refractivity contribution is 7.20. The maximum absolute atomic E-state index is 12.0. The van der Waals surface area contributed by atoms with Gasteiger partial charge in [-0.1, -0.05) is 0 Å².